The molecule has 0 radical (unpaired) electrons. The van der Waals surface area contributed by atoms with Gasteiger partial charge in [0.25, 0.3) is 0 Å². The van der Waals surface area contributed by atoms with E-state index in [-0.39, 0.29) is 188 Å². The quantitative estimate of drug-likeness (QED) is 0.0346. The number of Topliss-reactive ketones (excluding diaryl/α,β-unsaturated/α-hetero) is 1. The smallest absolute Gasteiger partial charge is 0.222 e. The van der Waals surface area contributed by atoms with E-state index in [1.54, 1.807) is 27.9 Å². The van der Waals surface area contributed by atoms with Crippen LogP contribution in [0.4, 0.5) is 0 Å². The maximum Gasteiger partial charge on any atom is 0.222 e. The van der Waals surface area contributed by atoms with Crippen molar-refractivity contribution in [2.75, 3.05) is 92.6 Å². The van der Waals surface area contributed by atoms with Crippen molar-refractivity contribution in [2.24, 2.45) is 23.7 Å². The van der Waals surface area contributed by atoms with Gasteiger partial charge in [0.1, 0.15) is 42.4 Å². The summed E-state index contributed by atoms with van der Waals surface area (Å²) in [6, 6.07) is 0. The van der Waals surface area contributed by atoms with Crippen molar-refractivity contribution in [3.63, 3.8) is 0 Å². The summed E-state index contributed by atoms with van der Waals surface area (Å²) in [5, 5.41) is 109. The van der Waals surface area contributed by atoms with Crippen molar-refractivity contribution < 1.29 is 117 Å². The van der Waals surface area contributed by atoms with E-state index in [4.69, 9.17) is 33.2 Å². The Hall–Kier alpha value is -4.68. The van der Waals surface area contributed by atoms with Gasteiger partial charge in [-0.3, -0.25) is 38.4 Å². The first kappa shape index (κ1) is 94.4. The fourth-order valence-electron chi connectivity index (χ4n) is 10.3. The van der Waals surface area contributed by atoms with E-state index in [0.29, 0.717) is 45.3 Å². The topological polar surface area (TPSA) is 467 Å². The molecule has 3 aliphatic heterocycles. The molecule has 0 aromatic carbocycles. The average molecular weight is 1400 g/mol. The Morgan fingerprint density at radius 3 is 1.02 bits per heavy atom. The van der Waals surface area contributed by atoms with Crippen LogP contribution in [-0.4, -0.2) is 265 Å². The summed E-state index contributed by atoms with van der Waals surface area (Å²) in [6.45, 7) is 11.2. The fraction of sp³-hybridized carbons (Fsp3) is 0.879. The van der Waals surface area contributed by atoms with E-state index in [1.165, 1.54) is 0 Å². The van der Waals surface area contributed by atoms with Crippen molar-refractivity contribution in [2.45, 2.75) is 259 Å². The second-order valence-electron chi connectivity index (χ2n) is 25.1. The van der Waals surface area contributed by atoms with Crippen molar-refractivity contribution in [3.05, 3.63) is 0 Å². The van der Waals surface area contributed by atoms with Crippen LogP contribution in [0.25, 0.3) is 0 Å². The molecule has 15 atom stereocenters. The number of hydrogen-bond donors (Lipinski definition) is 16. The molecule has 0 aromatic rings. The van der Waals surface area contributed by atoms with Crippen LogP contribution in [0.15, 0.2) is 0 Å². The van der Waals surface area contributed by atoms with E-state index >= 15 is 0 Å². The molecule has 3 aliphatic rings. The zero-order valence-electron chi connectivity index (χ0n) is 56.3. The summed E-state index contributed by atoms with van der Waals surface area (Å²) >= 11 is 0. The third kappa shape index (κ3) is 38.1. The number of rotatable bonds is 46. The largest absolute Gasteiger partial charge is 0.394 e. The molecular weight excluding hydrogens is 1270 g/mol. The highest BCUT2D eigenvalue weighted by Gasteiger charge is 2.45. The average Bonchev–Trinajstić information content (AvgIpc) is 0.909. The van der Waals surface area contributed by atoms with Crippen LogP contribution in [0.5, 0.6) is 0 Å². The number of ether oxygens (including phenoxy) is 7. The van der Waals surface area contributed by atoms with Gasteiger partial charge in [0.05, 0.1) is 77.2 Å². The first-order valence-corrected chi connectivity index (χ1v) is 33.4. The van der Waals surface area contributed by atoms with Gasteiger partial charge in [0.15, 0.2) is 18.9 Å². The molecule has 3 saturated heterocycles. The SMILES string of the molecule is C.C.C.CC(C)C.COCCCNC(=O)CCCC(=O)NC(CCC(=O)CCCCNC(=O)CCO[C@@H]1OC(CO)[C@H](O)[C@H](O)C1C)(CCC(=O)NCCCNC(=O)CCO[C@@H]1OC(CO)[C@H](O)[C@H](O)C1C)CCC(=O)NCCCNC(=O)CCO[C@@H]1OC(CO)[C@H](O)[C@H](O)C1C. The van der Waals surface area contributed by atoms with Gasteiger partial charge >= 0.3 is 0 Å². The van der Waals surface area contributed by atoms with E-state index in [2.05, 4.69) is 58.0 Å². The van der Waals surface area contributed by atoms with Gasteiger partial charge in [-0.15, -0.1) is 0 Å². The molecule has 3 rings (SSSR count). The Labute approximate surface area is 575 Å². The van der Waals surface area contributed by atoms with Crippen LogP contribution in [0.3, 0.4) is 0 Å². The first-order chi connectivity index (χ1) is 44.7. The molecule has 7 amide bonds. The van der Waals surface area contributed by atoms with Crippen LogP contribution < -0.4 is 37.2 Å². The second kappa shape index (κ2) is 53.2. The second-order valence-corrected chi connectivity index (χ2v) is 25.1. The summed E-state index contributed by atoms with van der Waals surface area (Å²) in [7, 11) is 1.55. The standard InChI is InChI=1S/C59H105N7O24.C4H10.3CH4/c1-36-50(78)53(81)40(33-67)88-56(36)85-30-17-46(74)60-23-6-5-11-39(70)14-20-59(66-49(77)13-7-12-43(71)65-28-10-29-84-4,21-15-44(72)61-24-8-26-63-47(75)18-31-86-57-37(2)51(79)54(82)41(34-68)89-57)22-16-45(73)62-25-9-27-64-48(76)19-32-87-58-38(3)52(80)55(83)42(35-69)90-58;1-4(2)3;;;/h36-38,40-42,50-58,67-69,78-83H,5-35H2,1-4H3,(H,60,74)(H,61,72)(H,62,73)(H,63,75)(H,64,76)(H,65,71)(H,66,77);4H,1-3H3;3*1H4/t36?,37?,38?,40?,41?,42?,50-,51-,52-,53+,54+,55+,56-,57-,58-,59?;;;;/m1..../s1. The molecule has 0 aliphatic carbocycles. The predicted octanol–water partition coefficient (Wildman–Crippen LogP) is -0.378. The van der Waals surface area contributed by atoms with Gasteiger partial charge in [0.2, 0.25) is 41.4 Å². The predicted molar refractivity (Wildman–Crippen MR) is 358 cm³/mol. The minimum Gasteiger partial charge on any atom is -0.394 e. The highest BCUT2D eigenvalue weighted by molar-refractivity contribution is 5.82. The van der Waals surface area contributed by atoms with E-state index in [9.17, 15) is 84.3 Å². The van der Waals surface area contributed by atoms with Gasteiger partial charge in [0, 0.05) is 115 Å². The van der Waals surface area contributed by atoms with E-state index in [0.717, 1.165) is 5.92 Å². The van der Waals surface area contributed by atoms with E-state index < -0.39 is 135 Å². The monoisotopic (exact) mass is 1400 g/mol. The Kier molecular flexibility index (Phi) is 51.8. The van der Waals surface area contributed by atoms with Gasteiger partial charge in [-0.1, -0.05) is 63.8 Å². The molecule has 31 heteroatoms. The number of unbranched alkanes of at least 4 members (excludes halogenated alkanes) is 1. The Morgan fingerprint density at radius 1 is 0.381 bits per heavy atom. The Morgan fingerprint density at radius 2 is 0.680 bits per heavy atom. The lowest BCUT2D eigenvalue weighted by Crippen LogP contribution is -2.55. The molecule has 0 bridgehead atoms. The van der Waals surface area contributed by atoms with Crippen LogP contribution >= 0.6 is 0 Å². The number of ketones is 1. The zero-order valence-corrected chi connectivity index (χ0v) is 56.3. The van der Waals surface area contributed by atoms with E-state index in [1.807, 2.05) is 0 Å². The minimum atomic E-state index is -1.30. The number of carbonyl (C=O) groups excluding carboxylic acids is 8. The van der Waals surface area contributed by atoms with Crippen molar-refractivity contribution >= 4 is 47.1 Å². The summed E-state index contributed by atoms with van der Waals surface area (Å²) in [5.74, 6) is -3.87. The van der Waals surface area contributed by atoms with Crippen LogP contribution in [0, 0.1) is 23.7 Å². The molecule has 3 heterocycles. The van der Waals surface area contributed by atoms with Crippen molar-refractivity contribution in [3.8, 4) is 0 Å². The third-order valence-corrected chi connectivity index (χ3v) is 16.2. The third-order valence-electron chi connectivity index (χ3n) is 16.2. The molecule has 0 aromatic heterocycles. The number of aliphatic hydroxyl groups is 9. The fourth-order valence-corrected chi connectivity index (χ4v) is 10.3. The van der Waals surface area contributed by atoms with Gasteiger partial charge < -0.3 is 116 Å². The molecular formula is C66H127N7O24. The molecule has 0 spiro atoms. The van der Waals surface area contributed by atoms with Crippen LogP contribution in [0.2, 0.25) is 0 Å². The first-order valence-electron chi connectivity index (χ1n) is 33.4. The molecule has 570 valence electrons. The molecule has 6 unspecified atom stereocenters. The van der Waals surface area contributed by atoms with Crippen molar-refractivity contribution in [1.82, 2.24) is 37.2 Å². The van der Waals surface area contributed by atoms with Gasteiger partial charge in [-0.25, -0.2) is 0 Å². The Bertz CT molecular complexity index is 1990. The number of methoxy groups -OCH3 is 1. The lowest BCUT2D eigenvalue weighted by atomic mass is 9.82. The lowest BCUT2D eigenvalue weighted by molar-refractivity contribution is -0.282. The maximum absolute atomic E-state index is 13.8. The molecule has 97 heavy (non-hydrogen) atoms. The summed E-state index contributed by atoms with van der Waals surface area (Å²) in [6.07, 6.45) is -11.7. The number of amides is 7. The summed E-state index contributed by atoms with van der Waals surface area (Å²) in [4.78, 5) is 105. The molecule has 31 nitrogen and oxygen atoms in total. The maximum atomic E-state index is 13.8. The zero-order chi connectivity index (χ0) is 70.2. The van der Waals surface area contributed by atoms with Gasteiger partial charge in [-0.2, -0.15) is 0 Å². The van der Waals surface area contributed by atoms with Crippen LogP contribution in [0.1, 0.15) is 179 Å². The summed E-state index contributed by atoms with van der Waals surface area (Å²) in [5.41, 5.74) is -1.28. The lowest BCUT2D eigenvalue weighted by Gasteiger charge is -2.40. The van der Waals surface area contributed by atoms with Gasteiger partial charge in [-0.05, 0) is 63.7 Å². The number of carbonyl (C=O) groups is 8. The molecule has 3 fully saturated rings. The molecule has 16 N–H and O–H groups in total. The Balaban J connectivity index is 0. The number of nitrogens with one attached hydrogen (secondary N) is 7. The normalized spacial score (nSPS) is 25.8. The highest BCUT2D eigenvalue weighted by Crippen LogP contribution is 2.31. The van der Waals surface area contributed by atoms with Crippen LogP contribution in [-0.2, 0) is 71.5 Å². The highest BCUT2D eigenvalue weighted by atomic mass is 16.7. The van der Waals surface area contributed by atoms with Crippen molar-refractivity contribution in [1.29, 1.82) is 0 Å². The minimum absolute atomic E-state index is 0. The molecule has 0 saturated carbocycles. The number of aliphatic hydroxyl groups excluding tert-OH is 9. The summed E-state index contributed by atoms with van der Waals surface area (Å²) < 4.78 is 38.5. The number of hydrogen-bond acceptors (Lipinski definition) is 24.